The number of aromatic nitrogens is 3. The van der Waals surface area contributed by atoms with Crippen LogP contribution >= 0.6 is 0 Å². The summed E-state index contributed by atoms with van der Waals surface area (Å²) < 4.78 is 40.1. The van der Waals surface area contributed by atoms with Crippen LogP contribution in [-0.2, 0) is 6.54 Å². The highest BCUT2D eigenvalue weighted by molar-refractivity contribution is 5.94. The average Bonchev–Trinajstić information content (AvgIpc) is 3.27. The Hall–Kier alpha value is -2.69. The van der Waals surface area contributed by atoms with E-state index in [1.807, 2.05) is 0 Å². The second-order valence-electron chi connectivity index (χ2n) is 11.7. The number of alkyl halides is 3. The number of rotatable bonds is 8. The van der Waals surface area contributed by atoms with Gasteiger partial charge in [-0.05, 0) is 57.6 Å². The van der Waals surface area contributed by atoms with Crippen molar-refractivity contribution in [1.29, 1.82) is 0 Å². The molecule has 3 heterocycles. The molecule has 1 aliphatic heterocycles. The molecule has 2 fully saturated rings. The maximum Gasteiger partial charge on any atom is 0.390 e. The summed E-state index contributed by atoms with van der Waals surface area (Å²) in [4.78, 5) is 14.1. The Kier molecular flexibility index (Phi) is 8.68. The molecule has 0 amide bonds. The van der Waals surface area contributed by atoms with Crippen LogP contribution in [0.1, 0.15) is 64.5 Å². The monoisotopic (exact) mass is 558 g/mol. The van der Waals surface area contributed by atoms with Crippen molar-refractivity contribution < 1.29 is 18.3 Å². The van der Waals surface area contributed by atoms with Crippen molar-refractivity contribution in [1.82, 2.24) is 24.3 Å². The predicted octanol–water partition coefficient (Wildman–Crippen LogP) is 5.85. The molecular weight excluding hydrogens is 517 g/mol. The number of nitrogens with one attached hydrogen (secondary N) is 1. The molecule has 10 heteroatoms. The number of anilines is 1. The molecular formula is C30H41F3N6O. The van der Waals surface area contributed by atoms with Crippen LogP contribution in [-0.4, -0.2) is 80.0 Å². The number of hydrogen-bond acceptors (Lipinski definition) is 6. The van der Waals surface area contributed by atoms with E-state index in [1.54, 1.807) is 6.20 Å². The number of halogens is 3. The molecule has 1 atom stereocenters. The Balaban J connectivity index is 1.37. The van der Waals surface area contributed by atoms with Crippen LogP contribution in [0.2, 0.25) is 0 Å². The highest BCUT2D eigenvalue weighted by atomic mass is 19.4. The van der Waals surface area contributed by atoms with Crippen LogP contribution in [0, 0.1) is 0 Å². The molecule has 1 aromatic carbocycles. The van der Waals surface area contributed by atoms with Gasteiger partial charge in [-0.1, -0.05) is 24.3 Å². The van der Waals surface area contributed by atoms with E-state index in [0.29, 0.717) is 17.7 Å². The van der Waals surface area contributed by atoms with E-state index < -0.39 is 12.6 Å². The summed E-state index contributed by atoms with van der Waals surface area (Å²) in [6.45, 7) is 10.7. The Morgan fingerprint density at radius 2 is 1.80 bits per heavy atom. The molecule has 5 rings (SSSR count). The van der Waals surface area contributed by atoms with Gasteiger partial charge < -0.3 is 15.0 Å². The van der Waals surface area contributed by atoms with Crippen LogP contribution in [0.25, 0.3) is 22.2 Å². The van der Waals surface area contributed by atoms with Crippen molar-refractivity contribution in [3.63, 3.8) is 0 Å². The lowest BCUT2D eigenvalue weighted by Crippen LogP contribution is -2.53. The fourth-order valence-electron chi connectivity index (χ4n) is 6.28. The van der Waals surface area contributed by atoms with Crippen molar-refractivity contribution >= 4 is 17.0 Å². The first-order valence-corrected chi connectivity index (χ1v) is 14.5. The zero-order valence-electron chi connectivity index (χ0n) is 23.7. The predicted molar refractivity (Wildman–Crippen MR) is 152 cm³/mol. The topological polar surface area (TPSA) is 69.5 Å². The van der Waals surface area contributed by atoms with Crippen molar-refractivity contribution in [2.24, 2.45) is 0 Å². The molecule has 1 aliphatic carbocycles. The number of piperazine rings is 1. The summed E-state index contributed by atoms with van der Waals surface area (Å²) in [7, 11) is 0. The van der Waals surface area contributed by atoms with Crippen molar-refractivity contribution in [3.05, 3.63) is 42.2 Å². The maximum absolute atomic E-state index is 12.7. The second-order valence-corrected chi connectivity index (χ2v) is 11.7. The minimum atomic E-state index is -4.24. The van der Waals surface area contributed by atoms with Gasteiger partial charge in [-0.15, -0.1) is 0 Å². The molecule has 2 N–H and O–H groups in total. The Labute approximate surface area is 234 Å². The standard InChI is InChI=1S/C30H41F3N6O/c1-20(2)38-15-14-37(17-21(38)3)18-22-4-6-23(7-5-22)27-19-39(24-8-10-25(40)11-9-24)28-26(27)16-35-29(36-28)34-13-12-30(31,32)33/h4-7,16,19-21,24-25,40H,8-15,17-18H2,1-3H3,(H,34,35,36)/t21-,24?,25?/m0/s1. The molecule has 218 valence electrons. The van der Waals surface area contributed by atoms with Gasteiger partial charge in [0, 0.05) is 74.2 Å². The van der Waals surface area contributed by atoms with E-state index >= 15 is 0 Å². The van der Waals surface area contributed by atoms with Crippen molar-refractivity contribution in [3.8, 4) is 11.1 Å². The highest BCUT2D eigenvalue weighted by Crippen LogP contribution is 2.37. The Morgan fingerprint density at radius 3 is 2.45 bits per heavy atom. The van der Waals surface area contributed by atoms with Crippen LogP contribution in [0.4, 0.5) is 19.1 Å². The fraction of sp³-hybridized carbons (Fsp3) is 0.600. The van der Waals surface area contributed by atoms with Crippen LogP contribution < -0.4 is 5.32 Å². The summed E-state index contributed by atoms with van der Waals surface area (Å²) >= 11 is 0. The number of hydrogen-bond donors (Lipinski definition) is 2. The van der Waals surface area contributed by atoms with Gasteiger partial charge in [-0.2, -0.15) is 18.2 Å². The number of aliphatic hydroxyl groups is 1. The third-order valence-corrected chi connectivity index (χ3v) is 8.42. The van der Waals surface area contributed by atoms with Crippen LogP contribution in [0.5, 0.6) is 0 Å². The Bertz CT molecular complexity index is 1270. The molecule has 0 unspecified atom stereocenters. The van der Waals surface area contributed by atoms with E-state index in [0.717, 1.165) is 68.4 Å². The van der Waals surface area contributed by atoms with Gasteiger partial charge in [0.2, 0.25) is 5.95 Å². The van der Waals surface area contributed by atoms with Crippen LogP contribution in [0.15, 0.2) is 36.7 Å². The zero-order chi connectivity index (χ0) is 28.4. The van der Waals surface area contributed by atoms with E-state index in [2.05, 4.69) is 80.9 Å². The van der Waals surface area contributed by atoms with Gasteiger partial charge in [-0.3, -0.25) is 9.80 Å². The largest absolute Gasteiger partial charge is 0.393 e. The van der Waals surface area contributed by atoms with Gasteiger partial charge >= 0.3 is 6.18 Å². The zero-order valence-corrected chi connectivity index (χ0v) is 23.7. The molecule has 7 nitrogen and oxygen atoms in total. The van der Waals surface area contributed by atoms with Gasteiger partial charge in [0.25, 0.3) is 0 Å². The van der Waals surface area contributed by atoms with Crippen LogP contribution in [0.3, 0.4) is 0 Å². The van der Waals surface area contributed by atoms with Crippen molar-refractivity contribution in [2.45, 2.75) is 89.8 Å². The summed E-state index contributed by atoms with van der Waals surface area (Å²) in [5.41, 5.74) is 4.05. The lowest BCUT2D eigenvalue weighted by atomic mass is 9.93. The molecule has 40 heavy (non-hydrogen) atoms. The first-order valence-electron chi connectivity index (χ1n) is 14.5. The summed E-state index contributed by atoms with van der Waals surface area (Å²) in [5.74, 6) is 0.195. The molecule has 1 saturated heterocycles. The van der Waals surface area contributed by atoms with Gasteiger partial charge in [0.15, 0.2) is 0 Å². The normalized spacial score (nSPS) is 23.2. The van der Waals surface area contributed by atoms with E-state index in [-0.39, 0.29) is 24.6 Å². The molecule has 0 bridgehead atoms. The quantitative estimate of drug-likeness (QED) is 0.361. The maximum atomic E-state index is 12.7. The molecule has 1 saturated carbocycles. The van der Waals surface area contributed by atoms with E-state index in [9.17, 15) is 18.3 Å². The third kappa shape index (κ3) is 6.78. The van der Waals surface area contributed by atoms with Crippen molar-refractivity contribution in [2.75, 3.05) is 31.5 Å². The molecule has 0 spiro atoms. The smallest absolute Gasteiger partial charge is 0.390 e. The number of fused-ring (bicyclic) bond motifs is 1. The van der Waals surface area contributed by atoms with Gasteiger partial charge in [0.05, 0.1) is 12.5 Å². The first-order chi connectivity index (χ1) is 19.1. The number of benzene rings is 1. The Morgan fingerprint density at radius 1 is 1.07 bits per heavy atom. The highest BCUT2D eigenvalue weighted by Gasteiger charge is 2.28. The molecule has 3 aromatic rings. The van der Waals surface area contributed by atoms with Gasteiger partial charge in [0.1, 0.15) is 5.65 Å². The average molecular weight is 559 g/mol. The van der Waals surface area contributed by atoms with E-state index in [4.69, 9.17) is 0 Å². The van der Waals surface area contributed by atoms with Gasteiger partial charge in [-0.25, -0.2) is 4.98 Å². The summed E-state index contributed by atoms with van der Waals surface area (Å²) in [5, 5.41) is 13.6. The summed E-state index contributed by atoms with van der Waals surface area (Å²) in [6.07, 6.45) is 1.45. The molecule has 0 radical (unpaired) electrons. The lowest BCUT2D eigenvalue weighted by Gasteiger charge is -2.42. The minimum absolute atomic E-state index is 0.170. The second kappa shape index (κ2) is 12.0. The fourth-order valence-corrected chi connectivity index (χ4v) is 6.28. The third-order valence-electron chi connectivity index (χ3n) is 8.42. The minimum Gasteiger partial charge on any atom is -0.393 e. The first kappa shape index (κ1) is 28.8. The SMILES string of the molecule is CC(C)N1CCN(Cc2ccc(-c3cn(C4CCC(O)CC4)c4nc(NCCC(F)(F)F)ncc34)cc2)C[C@@H]1C. The molecule has 2 aromatic heterocycles. The molecule has 2 aliphatic rings. The lowest BCUT2D eigenvalue weighted by molar-refractivity contribution is -0.131. The number of aliphatic hydroxyl groups excluding tert-OH is 1. The number of nitrogens with zero attached hydrogens (tertiary/aromatic N) is 5. The van der Waals surface area contributed by atoms with E-state index in [1.165, 1.54) is 5.56 Å². The summed E-state index contributed by atoms with van der Waals surface area (Å²) in [6, 6.07) is 9.92.